The molecule has 0 N–H and O–H groups in total. The van der Waals surface area contributed by atoms with Gasteiger partial charge >= 0.3 is 0 Å². The van der Waals surface area contributed by atoms with Crippen molar-refractivity contribution in [2.45, 2.75) is 27.7 Å². The lowest BCUT2D eigenvalue weighted by atomic mass is 10.4. The van der Waals surface area contributed by atoms with E-state index in [2.05, 4.69) is 74.5 Å². The van der Waals surface area contributed by atoms with Crippen LogP contribution in [0.15, 0.2) is 70.5 Å². The highest BCUT2D eigenvalue weighted by atomic mass is 32.2. The maximum Gasteiger partial charge on any atom is 0.0649 e. The topological polar surface area (TPSA) is 0 Å². The molecule has 2 rings (SSSR count). The van der Waals surface area contributed by atoms with Crippen LogP contribution in [0.2, 0.25) is 0 Å². The van der Waals surface area contributed by atoms with Gasteiger partial charge in [-0.2, -0.15) is 0 Å². The molecule has 0 nitrogen and oxygen atoms in total. The third kappa shape index (κ3) is 4.14. The molecule has 0 saturated carbocycles. The van der Waals surface area contributed by atoms with E-state index in [0.29, 0.717) is 0 Å². The maximum absolute atomic E-state index is 2.27. The maximum atomic E-state index is 2.27. The molecule has 0 atom stereocenters. The third-order valence-corrected chi connectivity index (χ3v) is 4.71. The van der Waals surface area contributed by atoms with Gasteiger partial charge in [-0.1, -0.05) is 36.4 Å². The third-order valence-electron chi connectivity index (χ3n) is 2.21. The van der Waals surface area contributed by atoms with Crippen molar-refractivity contribution < 1.29 is 0 Å². The summed E-state index contributed by atoms with van der Waals surface area (Å²) in [5, 5.41) is 0. The average molecular weight is 260 g/mol. The van der Waals surface area contributed by atoms with Gasteiger partial charge in [0.05, 0.1) is 4.08 Å². The molecule has 2 aromatic carbocycles. The molecule has 0 fully saturated rings. The van der Waals surface area contributed by atoms with Crippen molar-refractivity contribution in [1.82, 2.24) is 0 Å². The number of thioether (sulfide) groups is 2. The molecule has 0 heterocycles. The summed E-state index contributed by atoms with van der Waals surface area (Å²) >= 11 is 3.81. The quantitative estimate of drug-likeness (QED) is 0.540. The fourth-order valence-corrected chi connectivity index (χ4v) is 4.03. The molecule has 17 heavy (non-hydrogen) atoms. The first-order valence-electron chi connectivity index (χ1n) is 5.64. The molecule has 2 aromatic rings. The molecule has 0 bridgehead atoms. The van der Waals surface area contributed by atoms with Crippen LogP contribution in [-0.4, -0.2) is 4.08 Å². The highest BCUT2D eigenvalue weighted by Crippen LogP contribution is 2.44. The van der Waals surface area contributed by atoms with Crippen LogP contribution in [0, 0.1) is 0 Å². The Balaban J connectivity index is 2.04. The Bertz CT molecular complexity index is 405. The SMILES string of the molecule is CC(C)(Sc1ccccc1)Sc1ccccc1. The first-order chi connectivity index (χ1) is 8.16. The summed E-state index contributed by atoms with van der Waals surface area (Å²) < 4.78 is 0.142. The second-order valence-corrected chi connectivity index (χ2v) is 7.88. The van der Waals surface area contributed by atoms with Crippen molar-refractivity contribution in [3.8, 4) is 0 Å². The monoisotopic (exact) mass is 260 g/mol. The Labute approximate surface area is 112 Å². The van der Waals surface area contributed by atoms with E-state index in [0.717, 1.165) is 0 Å². The first-order valence-corrected chi connectivity index (χ1v) is 7.27. The smallest absolute Gasteiger partial charge is 0.0649 e. The van der Waals surface area contributed by atoms with Gasteiger partial charge in [0.1, 0.15) is 0 Å². The second-order valence-electron chi connectivity index (χ2n) is 4.23. The number of hydrogen-bond donors (Lipinski definition) is 0. The van der Waals surface area contributed by atoms with Crippen LogP contribution in [0.4, 0.5) is 0 Å². The van der Waals surface area contributed by atoms with E-state index in [4.69, 9.17) is 0 Å². The number of rotatable bonds is 4. The Hall–Kier alpha value is -0.860. The van der Waals surface area contributed by atoms with E-state index < -0.39 is 0 Å². The van der Waals surface area contributed by atoms with E-state index in [-0.39, 0.29) is 4.08 Å². The summed E-state index contributed by atoms with van der Waals surface area (Å²) in [4.78, 5) is 2.64. The minimum Gasteiger partial charge on any atom is -0.109 e. The van der Waals surface area contributed by atoms with Gasteiger partial charge in [-0.25, -0.2) is 0 Å². The average Bonchev–Trinajstić information content (AvgIpc) is 2.30. The fourth-order valence-electron chi connectivity index (χ4n) is 1.57. The van der Waals surface area contributed by atoms with Crippen molar-refractivity contribution >= 4 is 23.5 Å². The zero-order valence-electron chi connectivity index (χ0n) is 10.1. The Morgan fingerprint density at radius 2 is 1.00 bits per heavy atom. The van der Waals surface area contributed by atoms with E-state index >= 15 is 0 Å². The molecule has 0 unspecified atom stereocenters. The van der Waals surface area contributed by atoms with Crippen LogP contribution in [0.5, 0.6) is 0 Å². The van der Waals surface area contributed by atoms with Gasteiger partial charge in [-0.3, -0.25) is 0 Å². The van der Waals surface area contributed by atoms with Crippen LogP contribution in [0.25, 0.3) is 0 Å². The molecule has 0 aliphatic heterocycles. The van der Waals surface area contributed by atoms with Crippen LogP contribution in [-0.2, 0) is 0 Å². The van der Waals surface area contributed by atoms with Crippen molar-refractivity contribution in [2.75, 3.05) is 0 Å². The molecule has 0 aromatic heterocycles. The molecule has 0 spiro atoms. The zero-order valence-corrected chi connectivity index (χ0v) is 11.7. The van der Waals surface area contributed by atoms with E-state index in [1.807, 2.05) is 23.5 Å². The molecule has 0 saturated heterocycles. The molecular weight excluding hydrogens is 244 g/mol. The summed E-state index contributed by atoms with van der Waals surface area (Å²) in [5.41, 5.74) is 0. The van der Waals surface area contributed by atoms with Crippen molar-refractivity contribution in [3.05, 3.63) is 60.7 Å². The van der Waals surface area contributed by atoms with Gasteiger partial charge in [0.2, 0.25) is 0 Å². The molecule has 88 valence electrons. The van der Waals surface area contributed by atoms with Gasteiger partial charge in [0.15, 0.2) is 0 Å². The van der Waals surface area contributed by atoms with Gasteiger partial charge in [-0.15, -0.1) is 23.5 Å². The molecular formula is C15H16S2. The molecule has 2 heteroatoms. The van der Waals surface area contributed by atoms with Gasteiger partial charge < -0.3 is 0 Å². The molecule has 0 amide bonds. The van der Waals surface area contributed by atoms with Crippen LogP contribution >= 0.6 is 23.5 Å². The van der Waals surface area contributed by atoms with Crippen LogP contribution < -0.4 is 0 Å². The van der Waals surface area contributed by atoms with Crippen molar-refractivity contribution in [2.24, 2.45) is 0 Å². The van der Waals surface area contributed by atoms with E-state index in [9.17, 15) is 0 Å². The normalized spacial score (nSPS) is 11.4. The standard InChI is InChI=1S/C15H16S2/c1-15(2,16-13-9-5-3-6-10-13)17-14-11-7-4-8-12-14/h3-12H,1-2H3. The first kappa shape index (κ1) is 12.6. The Kier molecular flexibility index (Phi) is 4.19. The zero-order chi connectivity index (χ0) is 12.1. The fraction of sp³-hybridized carbons (Fsp3) is 0.200. The predicted octanol–water partition coefficient (Wildman–Crippen LogP) is 5.31. The summed E-state index contributed by atoms with van der Waals surface area (Å²) in [6.07, 6.45) is 0. The number of hydrogen-bond acceptors (Lipinski definition) is 2. The lowest BCUT2D eigenvalue weighted by Crippen LogP contribution is -2.07. The Morgan fingerprint density at radius 1 is 0.647 bits per heavy atom. The highest BCUT2D eigenvalue weighted by Gasteiger charge is 2.20. The molecule has 0 aliphatic carbocycles. The van der Waals surface area contributed by atoms with Gasteiger partial charge in [0, 0.05) is 9.79 Å². The van der Waals surface area contributed by atoms with Crippen LogP contribution in [0.1, 0.15) is 13.8 Å². The Morgan fingerprint density at radius 3 is 1.35 bits per heavy atom. The van der Waals surface area contributed by atoms with Gasteiger partial charge in [0.25, 0.3) is 0 Å². The van der Waals surface area contributed by atoms with E-state index in [1.54, 1.807) is 0 Å². The molecule has 0 radical (unpaired) electrons. The highest BCUT2D eigenvalue weighted by molar-refractivity contribution is 8.18. The van der Waals surface area contributed by atoms with Crippen LogP contribution in [0.3, 0.4) is 0 Å². The minimum absolute atomic E-state index is 0.142. The van der Waals surface area contributed by atoms with Gasteiger partial charge in [-0.05, 0) is 38.1 Å². The second kappa shape index (κ2) is 5.65. The van der Waals surface area contributed by atoms with Crippen molar-refractivity contribution in [1.29, 1.82) is 0 Å². The predicted molar refractivity (Wildman–Crippen MR) is 78.7 cm³/mol. The molecule has 0 aliphatic rings. The summed E-state index contributed by atoms with van der Waals surface area (Å²) in [6, 6.07) is 21.1. The summed E-state index contributed by atoms with van der Waals surface area (Å²) in [7, 11) is 0. The lowest BCUT2D eigenvalue weighted by molar-refractivity contribution is 1.02. The lowest BCUT2D eigenvalue weighted by Gasteiger charge is -2.23. The largest absolute Gasteiger partial charge is 0.109 e. The minimum atomic E-state index is 0.142. The van der Waals surface area contributed by atoms with E-state index in [1.165, 1.54) is 9.79 Å². The summed E-state index contributed by atoms with van der Waals surface area (Å²) in [5.74, 6) is 0. The van der Waals surface area contributed by atoms with Crippen molar-refractivity contribution in [3.63, 3.8) is 0 Å². The number of benzene rings is 2. The summed E-state index contributed by atoms with van der Waals surface area (Å²) in [6.45, 7) is 4.53.